The lowest BCUT2D eigenvalue weighted by Gasteiger charge is -2.28. The summed E-state index contributed by atoms with van der Waals surface area (Å²) in [6.45, 7) is 12.5. The Bertz CT molecular complexity index is 1150. The maximum absolute atomic E-state index is 12.7. The molecule has 0 saturated heterocycles. The van der Waals surface area contributed by atoms with Crippen molar-refractivity contribution < 1.29 is 14.3 Å². The van der Waals surface area contributed by atoms with Gasteiger partial charge in [-0.2, -0.15) is 10.2 Å². The molecule has 0 aliphatic carbocycles. The van der Waals surface area contributed by atoms with Gasteiger partial charge in [0, 0.05) is 61.7 Å². The minimum atomic E-state index is -0.338. The number of fused-ring (bicyclic) bond motifs is 1. The van der Waals surface area contributed by atoms with E-state index in [0.717, 1.165) is 61.7 Å². The first-order valence-corrected chi connectivity index (χ1v) is 12.1. The molecule has 0 amide bonds. The summed E-state index contributed by atoms with van der Waals surface area (Å²) in [5, 5.41) is 9.40. The van der Waals surface area contributed by atoms with Crippen molar-refractivity contribution in [3.63, 3.8) is 0 Å². The Labute approximate surface area is 201 Å². The number of carbonyl (C=O) groups excluding carboxylic acids is 1. The molecule has 2 aromatic heterocycles. The first-order chi connectivity index (χ1) is 16.4. The van der Waals surface area contributed by atoms with Gasteiger partial charge in [0.05, 0.1) is 19.4 Å². The topological polar surface area (TPSA) is 74.4 Å². The van der Waals surface area contributed by atoms with Crippen LogP contribution in [0.5, 0.6) is 5.75 Å². The lowest BCUT2D eigenvalue weighted by atomic mass is 10.0. The van der Waals surface area contributed by atoms with Crippen molar-refractivity contribution in [3.05, 3.63) is 63.7 Å². The maximum Gasteiger partial charge on any atom is 0.359 e. The van der Waals surface area contributed by atoms with Gasteiger partial charge in [0.1, 0.15) is 5.75 Å². The molecule has 1 aromatic carbocycles. The molecule has 0 atom stereocenters. The van der Waals surface area contributed by atoms with Crippen molar-refractivity contribution in [2.24, 2.45) is 0 Å². The van der Waals surface area contributed by atoms with Crippen molar-refractivity contribution >= 4 is 5.97 Å². The fourth-order valence-corrected chi connectivity index (χ4v) is 4.75. The Balaban J connectivity index is 1.55. The van der Waals surface area contributed by atoms with E-state index in [4.69, 9.17) is 14.6 Å². The Morgan fingerprint density at radius 2 is 1.85 bits per heavy atom. The number of hydrogen-bond donors (Lipinski definition) is 0. The van der Waals surface area contributed by atoms with Crippen LogP contribution >= 0.6 is 0 Å². The highest BCUT2D eigenvalue weighted by Gasteiger charge is 2.29. The maximum atomic E-state index is 12.7. The Morgan fingerprint density at radius 3 is 2.50 bits per heavy atom. The second kappa shape index (κ2) is 10.4. The molecule has 0 radical (unpaired) electrons. The monoisotopic (exact) mass is 465 g/mol. The van der Waals surface area contributed by atoms with Crippen molar-refractivity contribution in [1.29, 1.82) is 0 Å². The third-order valence-electron chi connectivity index (χ3n) is 6.67. The van der Waals surface area contributed by atoms with Crippen LogP contribution in [0.25, 0.3) is 0 Å². The molecule has 0 saturated carbocycles. The smallest absolute Gasteiger partial charge is 0.359 e. The predicted molar refractivity (Wildman–Crippen MR) is 130 cm³/mol. The van der Waals surface area contributed by atoms with Crippen LogP contribution in [0.1, 0.15) is 58.1 Å². The zero-order valence-electron chi connectivity index (χ0n) is 20.9. The third kappa shape index (κ3) is 4.87. The zero-order valence-corrected chi connectivity index (χ0v) is 20.9. The summed E-state index contributed by atoms with van der Waals surface area (Å²) < 4.78 is 14.7. The van der Waals surface area contributed by atoms with Crippen LogP contribution in [-0.4, -0.2) is 50.7 Å². The molecule has 3 aromatic rings. The summed E-state index contributed by atoms with van der Waals surface area (Å²) in [7, 11) is 1.67. The second-order valence-corrected chi connectivity index (χ2v) is 8.74. The van der Waals surface area contributed by atoms with Gasteiger partial charge >= 0.3 is 5.97 Å². The highest BCUT2D eigenvalue weighted by Crippen LogP contribution is 2.26. The summed E-state index contributed by atoms with van der Waals surface area (Å²) in [5.41, 5.74) is 7.36. The molecular formula is C26H35N5O3. The number of hydrogen-bond acceptors (Lipinski definition) is 6. The third-order valence-corrected chi connectivity index (χ3v) is 6.67. The average molecular weight is 466 g/mol. The van der Waals surface area contributed by atoms with Gasteiger partial charge in [-0.15, -0.1) is 0 Å². The van der Waals surface area contributed by atoms with Crippen LogP contribution < -0.4 is 4.74 Å². The molecule has 182 valence electrons. The molecular weight excluding hydrogens is 430 g/mol. The first kappa shape index (κ1) is 24.0. The second-order valence-electron chi connectivity index (χ2n) is 8.74. The van der Waals surface area contributed by atoms with E-state index in [1.165, 1.54) is 16.8 Å². The number of esters is 1. The molecule has 4 rings (SSSR count). The van der Waals surface area contributed by atoms with Gasteiger partial charge in [-0.25, -0.2) is 4.79 Å². The van der Waals surface area contributed by atoms with Crippen molar-refractivity contribution in [3.8, 4) is 5.75 Å². The Kier molecular flexibility index (Phi) is 7.36. The highest BCUT2D eigenvalue weighted by atomic mass is 16.5. The molecule has 0 spiro atoms. The van der Waals surface area contributed by atoms with Crippen LogP contribution in [0.3, 0.4) is 0 Å². The van der Waals surface area contributed by atoms with E-state index in [1.807, 2.05) is 23.7 Å². The van der Waals surface area contributed by atoms with E-state index in [2.05, 4.69) is 47.6 Å². The van der Waals surface area contributed by atoms with Gasteiger partial charge in [0.2, 0.25) is 0 Å². The molecule has 0 fully saturated rings. The van der Waals surface area contributed by atoms with Gasteiger partial charge in [-0.1, -0.05) is 12.1 Å². The number of nitrogens with zero attached hydrogens (tertiary/aromatic N) is 5. The first-order valence-electron chi connectivity index (χ1n) is 12.1. The van der Waals surface area contributed by atoms with Crippen molar-refractivity contribution in [2.75, 3.05) is 20.3 Å². The summed E-state index contributed by atoms with van der Waals surface area (Å²) >= 11 is 0. The number of aryl methyl sites for hydroxylation is 4. The van der Waals surface area contributed by atoms with Crippen LogP contribution in [0.4, 0.5) is 0 Å². The molecule has 1 aliphatic rings. The largest absolute Gasteiger partial charge is 0.497 e. The number of carbonyl (C=O) groups is 1. The molecule has 0 N–H and O–H groups in total. The summed E-state index contributed by atoms with van der Waals surface area (Å²) in [4.78, 5) is 15.1. The molecule has 8 heteroatoms. The number of methoxy groups -OCH3 is 1. The van der Waals surface area contributed by atoms with Crippen molar-refractivity contribution in [1.82, 2.24) is 24.5 Å². The zero-order chi connectivity index (χ0) is 24.2. The van der Waals surface area contributed by atoms with E-state index in [1.54, 1.807) is 7.11 Å². The standard InChI is InChI=1S/C26H35N5O3/c1-6-30-19(4)22(18(3)27-30)16-29-14-13-24-23(17-29)25(26(32)34-7-2)28-31(24)15-12-20-8-10-21(33-5)11-9-20/h8-11H,6-7,12-17H2,1-5H3. The van der Waals surface area contributed by atoms with Crippen LogP contribution in [0.2, 0.25) is 0 Å². The Morgan fingerprint density at radius 1 is 1.09 bits per heavy atom. The van der Waals surface area contributed by atoms with Gasteiger partial charge in [0.25, 0.3) is 0 Å². The SMILES string of the molecule is CCOC(=O)c1nn(CCc2ccc(OC)cc2)c2c1CN(Cc1c(C)nn(CC)c1C)CC2. The summed E-state index contributed by atoms with van der Waals surface area (Å²) in [6, 6.07) is 8.09. The van der Waals surface area contributed by atoms with Gasteiger partial charge in [0.15, 0.2) is 5.69 Å². The molecule has 0 unspecified atom stereocenters. The highest BCUT2D eigenvalue weighted by molar-refractivity contribution is 5.89. The Hall–Kier alpha value is -3.13. The van der Waals surface area contributed by atoms with Crippen molar-refractivity contribution in [2.45, 2.75) is 66.7 Å². The van der Waals surface area contributed by atoms with Crippen LogP contribution in [0.15, 0.2) is 24.3 Å². The van der Waals surface area contributed by atoms with E-state index in [9.17, 15) is 4.79 Å². The van der Waals surface area contributed by atoms with Gasteiger partial charge in [-0.3, -0.25) is 14.3 Å². The lowest BCUT2D eigenvalue weighted by Crippen LogP contribution is -2.32. The minimum absolute atomic E-state index is 0.338. The van der Waals surface area contributed by atoms with Gasteiger partial charge in [-0.05, 0) is 51.8 Å². The molecule has 34 heavy (non-hydrogen) atoms. The normalized spacial score (nSPS) is 13.7. The molecule has 0 bridgehead atoms. The number of benzene rings is 1. The van der Waals surface area contributed by atoms with E-state index in [-0.39, 0.29) is 5.97 Å². The fraction of sp³-hybridized carbons (Fsp3) is 0.500. The van der Waals surface area contributed by atoms with E-state index in [0.29, 0.717) is 18.8 Å². The summed E-state index contributed by atoms with van der Waals surface area (Å²) in [5.74, 6) is 0.509. The molecule has 1 aliphatic heterocycles. The van der Waals surface area contributed by atoms with Crippen LogP contribution in [-0.2, 0) is 43.8 Å². The van der Waals surface area contributed by atoms with E-state index >= 15 is 0 Å². The molecule has 3 heterocycles. The van der Waals surface area contributed by atoms with Crippen LogP contribution in [0, 0.1) is 13.8 Å². The molecule has 8 nitrogen and oxygen atoms in total. The number of aromatic nitrogens is 4. The summed E-state index contributed by atoms with van der Waals surface area (Å²) in [6.07, 6.45) is 1.68. The minimum Gasteiger partial charge on any atom is -0.497 e. The lowest BCUT2D eigenvalue weighted by molar-refractivity contribution is 0.0515. The quantitative estimate of drug-likeness (QED) is 0.449. The predicted octanol–water partition coefficient (Wildman–Crippen LogP) is 3.70. The number of rotatable bonds is 9. The van der Waals surface area contributed by atoms with Gasteiger partial charge < -0.3 is 9.47 Å². The number of ether oxygens (including phenoxy) is 2. The fourth-order valence-electron chi connectivity index (χ4n) is 4.75. The average Bonchev–Trinajstić information content (AvgIpc) is 3.35. The van der Waals surface area contributed by atoms with E-state index < -0.39 is 0 Å².